The highest BCUT2D eigenvalue weighted by atomic mass is 15.2. The van der Waals surface area contributed by atoms with Crippen LogP contribution < -0.4 is 9.80 Å². The van der Waals surface area contributed by atoms with Crippen molar-refractivity contribution in [1.29, 1.82) is 0 Å². The molecule has 0 unspecified atom stereocenters. The van der Waals surface area contributed by atoms with E-state index in [0.717, 1.165) is 0 Å². The molecule has 0 atom stereocenters. The summed E-state index contributed by atoms with van der Waals surface area (Å²) >= 11 is 0. The topological polar surface area (TPSA) is 6.48 Å². The summed E-state index contributed by atoms with van der Waals surface area (Å²) in [4.78, 5) is 4.92. The van der Waals surface area contributed by atoms with E-state index in [4.69, 9.17) is 0 Å². The van der Waals surface area contributed by atoms with Gasteiger partial charge < -0.3 is 9.80 Å². The molecule has 0 radical (unpaired) electrons. The minimum atomic E-state index is 1.17. The molecular formula is C46H30N2. The van der Waals surface area contributed by atoms with Crippen LogP contribution in [0.15, 0.2) is 158 Å². The van der Waals surface area contributed by atoms with Crippen molar-refractivity contribution in [3.8, 4) is 0 Å². The maximum absolute atomic E-state index is 2.46. The van der Waals surface area contributed by atoms with Crippen LogP contribution in [0.3, 0.4) is 0 Å². The quantitative estimate of drug-likeness (QED) is 0.180. The molecule has 48 heavy (non-hydrogen) atoms. The zero-order chi connectivity index (χ0) is 31.6. The van der Waals surface area contributed by atoms with Gasteiger partial charge in [0.2, 0.25) is 0 Å². The number of nitrogens with zero attached hydrogens (tertiary/aromatic N) is 2. The van der Waals surface area contributed by atoms with Crippen molar-refractivity contribution in [2.75, 3.05) is 9.80 Å². The number of fused-ring (bicyclic) bond motifs is 9. The van der Waals surface area contributed by atoms with E-state index in [2.05, 4.69) is 192 Å². The predicted molar refractivity (Wildman–Crippen MR) is 206 cm³/mol. The zero-order valence-electron chi connectivity index (χ0n) is 26.2. The third-order valence-electron chi connectivity index (χ3n) is 9.90. The van der Waals surface area contributed by atoms with E-state index >= 15 is 0 Å². The van der Waals surface area contributed by atoms with Gasteiger partial charge in [-0.2, -0.15) is 0 Å². The molecule has 0 N–H and O–H groups in total. The minimum Gasteiger partial charge on any atom is -0.309 e. The van der Waals surface area contributed by atoms with Crippen LogP contribution in [0.25, 0.3) is 56.6 Å². The molecule has 0 spiro atoms. The lowest BCUT2D eigenvalue weighted by molar-refractivity contribution is 1.29. The molecule has 0 fully saturated rings. The molecular weight excluding hydrogens is 581 g/mol. The molecule has 2 aliphatic rings. The van der Waals surface area contributed by atoms with Gasteiger partial charge in [-0.15, -0.1) is 0 Å². The summed E-state index contributed by atoms with van der Waals surface area (Å²) in [6.07, 6.45) is 8.97. The van der Waals surface area contributed by atoms with Crippen molar-refractivity contribution in [2.24, 2.45) is 0 Å². The Labute approximate surface area is 279 Å². The summed E-state index contributed by atoms with van der Waals surface area (Å²) in [5.74, 6) is 0. The van der Waals surface area contributed by atoms with Gasteiger partial charge >= 0.3 is 0 Å². The average Bonchev–Trinajstić information content (AvgIpc) is 3.42. The molecule has 2 heteroatoms. The highest BCUT2D eigenvalue weighted by Crippen LogP contribution is 2.50. The van der Waals surface area contributed by atoms with E-state index in [1.165, 1.54) is 88.7 Å². The van der Waals surface area contributed by atoms with Gasteiger partial charge in [0, 0.05) is 10.8 Å². The van der Waals surface area contributed by atoms with Crippen LogP contribution in [-0.2, 0) is 0 Å². The third kappa shape index (κ3) is 4.00. The van der Waals surface area contributed by atoms with E-state index in [0.29, 0.717) is 0 Å². The van der Waals surface area contributed by atoms with Gasteiger partial charge in [0.1, 0.15) is 0 Å². The summed E-state index contributed by atoms with van der Waals surface area (Å²) in [6.45, 7) is 0. The third-order valence-corrected chi connectivity index (χ3v) is 9.90. The summed E-state index contributed by atoms with van der Waals surface area (Å²) in [5, 5.41) is 7.43. The Morgan fingerprint density at radius 3 is 0.917 bits per heavy atom. The zero-order valence-corrected chi connectivity index (χ0v) is 26.2. The van der Waals surface area contributed by atoms with Gasteiger partial charge in [-0.05, 0) is 80.2 Å². The summed E-state index contributed by atoms with van der Waals surface area (Å²) in [6, 6.07) is 57.5. The van der Waals surface area contributed by atoms with Gasteiger partial charge in [0.25, 0.3) is 0 Å². The molecule has 2 heterocycles. The molecule has 10 rings (SSSR count). The van der Waals surface area contributed by atoms with Crippen LogP contribution >= 0.6 is 0 Å². The molecule has 8 aromatic rings. The standard InChI is InChI=1S/C46H30N2/c1-9-21-40-31(13-1)25-26-32-14-2-10-22-41(32)47(40)44-29-35-30-45(37-18-6-8-20-39(37)46(35)38-19-7-5-17-36(38)44)48-42-23-11-3-15-33(42)27-28-34-16-4-12-24-43(34)48/h1-30H. The lowest BCUT2D eigenvalue weighted by Crippen LogP contribution is -2.13. The fourth-order valence-electron chi connectivity index (χ4n) is 7.78. The van der Waals surface area contributed by atoms with E-state index in [-0.39, 0.29) is 0 Å². The lowest BCUT2D eigenvalue weighted by Gasteiger charge is -2.31. The highest BCUT2D eigenvalue weighted by Gasteiger charge is 2.25. The maximum atomic E-state index is 2.46. The van der Waals surface area contributed by atoms with Crippen molar-refractivity contribution >= 4 is 90.7 Å². The Balaban J connectivity index is 1.33. The minimum absolute atomic E-state index is 1.17. The van der Waals surface area contributed by atoms with Crippen LogP contribution in [0.1, 0.15) is 22.3 Å². The van der Waals surface area contributed by atoms with Crippen LogP contribution in [0.5, 0.6) is 0 Å². The van der Waals surface area contributed by atoms with Gasteiger partial charge in [-0.25, -0.2) is 0 Å². The Morgan fingerprint density at radius 1 is 0.271 bits per heavy atom. The van der Waals surface area contributed by atoms with E-state index < -0.39 is 0 Å². The number of hydrogen-bond donors (Lipinski definition) is 0. The summed E-state index contributed by atoms with van der Waals surface area (Å²) in [7, 11) is 0. The second-order valence-electron chi connectivity index (χ2n) is 12.6. The van der Waals surface area contributed by atoms with Gasteiger partial charge in [-0.3, -0.25) is 0 Å². The number of para-hydroxylation sites is 4. The maximum Gasteiger partial charge on any atom is 0.0546 e. The van der Waals surface area contributed by atoms with E-state index in [9.17, 15) is 0 Å². The normalized spacial score (nSPS) is 13.2. The lowest BCUT2D eigenvalue weighted by atomic mass is 9.92. The number of hydrogen-bond acceptors (Lipinski definition) is 2. The van der Waals surface area contributed by atoms with E-state index in [1.807, 2.05) is 0 Å². The fraction of sp³-hybridized carbons (Fsp3) is 0. The van der Waals surface area contributed by atoms with Crippen molar-refractivity contribution < 1.29 is 0 Å². The number of benzene rings is 8. The average molecular weight is 611 g/mol. The first kappa shape index (κ1) is 26.8. The number of rotatable bonds is 2. The smallest absolute Gasteiger partial charge is 0.0546 e. The monoisotopic (exact) mass is 610 g/mol. The Hall–Kier alpha value is -6.38. The second-order valence-corrected chi connectivity index (χ2v) is 12.6. The van der Waals surface area contributed by atoms with Crippen molar-refractivity contribution in [3.05, 3.63) is 180 Å². The van der Waals surface area contributed by atoms with Crippen LogP contribution in [0.2, 0.25) is 0 Å². The Kier molecular flexibility index (Phi) is 5.91. The summed E-state index contributed by atoms with van der Waals surface area (Å²) in [5.41, 5.74) is 11.8. The Morgan fingerprint density at radius 2 is 0.562 bits per heavy atom. The molecule has 224 valence electrons. The first-order valence-electron chi connectivity index (χ1n) is 16.5. The molecule has 0 saturated carbocycles. The SMILES string of the molecule is C1=Cc2ccccc2N(c2cc3cc(N4c5ccccc5C=Cc5ccccc54)c4ccccc4c3c3ccccc23)c2ccccc21. The highest BCUT2D eigenvalue weighted by molar-refractivity contribution is 6.26. The first-order chi connectivity index (χ1) is 23.8. The molecule has 2 aliphatic heterocycles. The van der Waals surface area contributed by atoms with Crippen molar-refractivity contribution in [3.63, 3.8) is 0 Å². The molecule has 0 aliphatic carbocycles. The number of anilines is 6. The Bertz CT molecular complexity index is 2370. The molecule has 0 saturated heterocycles. The molecule has 2 nitrogen and oxygen atoms in total. The summed E-state index contributed by atoms with van der Waals surface area (Å²) < 4.78 is 0. The molecule has 8 aromatic carbocycles. The largest absolute Gasteiger partial charge is 0.309 e. The molecule has 0 bridgehead atoms. The first-order valence-corrected chi connectivity index (χ1v) is 16.5. The van der Waals surface area contributed by atoms with Gasteiger partial charge in [0.15, 0.2) is 0 Å². The molecule has 0 amide bonds. The van der Waals surface area contributed by atoms with Crippen molar-refractivity contribution in [2.45, 2.75) is 0 Å². The van der Waals surface area contributed by atoms with Crippen LogP contribution in [0, 0.1) is 0 Å². The van der Waals surface area contributed by atoms with E-state index in [1.54, 1.807) is 0 Å². The van der Waals surface area contributed by atoms with Gasteiger partial charge in [0.05, 0.1) is 34.1 Å². The molecule has 0 aromatic heterocycles. The van der Waals surface area contributed by atoms with Crippen LogP contribution in [0.4, 0.5) is 34.1 Å². The van der Waals surface area contributed by atoms with Gasteiger partial charge in [-0.1, -0.05) is 146 Å². The second kappa shape index (κ2) is 10.6. The fourth-order valence-corrected chi connectivity index (χ4v) is 7.78. The van der Waals surface area contributed by atoms with Crippen LogP contribution in [-0.4, -0.2) is 0 Å². The van der Waals surface area contributed by atoms with Crippen molar-refractivity contribution in [1.82, 2.24) is 0 Å². The predicted octanol–water partition coefficient (Wildman–Crippen LogP) is 13.1.